The van der Waals surface area contributed by atoms with Gasteiger partial charge in [-0.05, 0) is 26.2 Å². The van der Waals surface area contributed by atoms with Crippen LogP contribution in [-0.2, 0) is 4.74 Å². The van der Waals surface area contributed by atoms with E-state index in [0.717, 1.165) is 45.8 Å². The van der Waals surface area contributed by atoms with Crippen LogP contribution in [0.3, 0.4) is 0 Å². The Morgan fingerprint density at radius 2 is 2.16 bits per heavy atom. The van der Waals surface area contributed by atoms with Crippen LogP contribution in [0.25, 0.3) is 0 Å². The number of oxime groups is 1. The van der Waals surface area contributed by atoms with Gasteiger partial charge in [-0.1, -0.05) is 5.16 Å². The van der Waals surface area contributed by atoms with Crippen molar-refractivity contribution in [3.63, 3.8) is 0 Å². The van der Waals surface area contributed by atoms with Gasteiger partial charge in [0.05, 0.1) is 12.1 Å². The van der Waals surface area contributed by atoms with Gasteiger partial charge >= 0.3 is 0 Å². The van der Waals surface area contributed by atoms with Crippen LogP contribution in [0.1, 0.15) is 26.2 Å². The molecule has 0 aliphatic carbocycles. The van der Waals surface area contributed by atoms with Gasteiger partial charge in [-0.25, -0.2) is 0 Å². The second-order valence-corrected chi connectivity index (χ2v) is 5.50. The number of amidine groups is 1. The van der Waals surface area contributed by atoms with E-state index in [9.17, 15) is 0 Å². The zero-order chi connectivity index (χ0) is 13.7. The summed E-state index contributed by atoms with van der Waals surface area (Å²) in [4.78, 5) is 4.74. The van der Waals surface area contributed by atoms with E-state index >= 15 is 0 Å². The van der Waals surface area contributed by atoms with E-state index in [1.54, 1.807) is 0 Å². The minimum atomic E-state index is 0.0188. The molecule has 0 aromatic carbocycles. The Hall–Kier alpha value is -0.850. The molecular weight excluding hydrogens is 244 g/mol. The van der Waals surface area contributed by atoms with Crippen molar-refractivity contribution in [2.24, 2.45) is 10.9 Å². The molecule has 3 N–H and O–H groups in total. The van der Waals surface area contributed by atoms with Crippen LogP contribution in [0.4, 0.5) is 0 Å². The number of nitrogens with zero attached hydrogens (tertiary/aromatic N) is 3. The first-order chi connectivity index (χ1) is 9.20. The van der Waals surface area contributed by atoms with Gasteiger partial charge in [0.2, 0.25) is 0 Å². The van der Waals surface area contributed by atoms with Gasteiger partial charge in [0, 0.05) is 39.3 Å². The van der Waals surface area contributed by atoms with Crippen LogP contribution in [0.5, 0.6) is 0 Å². The third-order valence-corrected chi connectivity index (χ3v) is 4.29. The lowest BCUT2D eigenvalue weighted by Gasteiger charge is -2.37. The number of rotatable bonds is 5. The van der Waals surface area contributed by atoms with Crippen molar-refractivity contribution < 1.29 is 9.94 Å². The van der Waals surface area contributed by atoms with E-state index in [4.69, 9.17) is 15.7 Å². The topological polar surface area (TPSA) is 74.3 Å². The molecule has 0 aromatic heterocycles. The van der Waals surface area contributed by atoms with Crippen LogP contribution >= 0.6 is 0 Å². The van der Waals surface area contributed by atoms with Crippen molar-refractivity contribution in [3.8, 4) is 0 Å². The fourth-order valence-electron chi connectivity index (χ4n) is 2.84. The monoisotopic (exact) mass is 270 g/mol. The van der Waals surface area contributed by atoms with Gasteiger partial charge in [-0.2, -0.15) is 0 Å². The Kier molecular flexibility index (Phi) is 5.42. The molecule has 0 spiro atoms. The molecule has 110 valence electrons. The maximum absolute atomic E-state index is 8.71. The molecule has 2 aliphatic heterocycles. The molecule has 2 rings (SSSR count). The van der Waals surface area contributed by atoms with E-state index < -0.39 is 0 Å². The zero-order valence-electron chi connectivity index (χ0n) is 11.8. The van der Waals surface area contributed by atoms with Gasteiger partial charge in [0.1, 0.15) is 0 Å². The Labute approximate surface area is 115 Å². The molecule has 0 aromatic rings. The average Bonchev–Trinajstić information content (AvgIpc) is 2.97. The van der Waals surface area contributed by atoms with Gasteiger partial charge in [-0.15, -0.1) is 0 Å². The van der Waals surface area contributed by atoms with Crippen molar-refractivity contribution in [2.75, 3.05) is 39.3 Å². The molecule has 19 heavy (non-hydrogen) atoms. The summed E-state index contributed by atoms with van der Waals surface area (Å²) in [6, 6.07) is 0.0188. The Morgan fingerprint density at radius 3 is 2.74 bits per heavy atom. The summed E-state index contributed by atoms with van der Waals surface area (Å²) in [6.45, 7) is 8.10. The number of ether oxygens (including phenoxy) is 1. The smallest absolute Gasteiger partial charge is 0.156 e. The molecule has 2 saturated heterocycles. The quantitative estimate of drug-likeness (QED) is 0.325. The van der Waals surface area contributed by atoms with E-state index in [0.29, 0.717) is 11.9 Å². The van der Waals surface area contributed by atoms with Crippen LogP contribution in [0, 0.1) is 0 Å². The first kappa shape index (κ1) is 14.6. The number of hydrogen-bond acceptors (Lipinski definition) is 5. The number of piperazine rings is 1. The van der Waals surface area contributed by atoms with Crippen LogP contribution in [0.15, 0.2) is 5.16 Å². The summed E-state index contributed by atoms with van der Waals surface area (Å²) in [7, 11) is 0. The highest BCUT2D eigenvalue weighted by atomic mass is 16.5. The first-order valence-corrected chi connectivity index (χ1v) is 7.26. The largest absolute Gasteiger partial charge is 0.409 e. The van der Waals surface area contributed by atoms with Crippen LogP contribution < -0.4 is 5.73 Å². The summed E-state index contributed by atoms with van der Waals surface area (Å²) in [5.74, 6) is 0.299. The number of nitrogens with two attached hydrogens (primary N) is 1. The lowest BCUT2D eigenvalue weighted by atomic mass is 10.1. The SMILES string of the molecule is CC(C(N)=NO)N1CCN(CCC2CCCO2)CC1. The maximum atomic E-state index is 8.71. The third kappa shape index (κ3) is 4.06. The van der Waals surface area contributed by atoms with Crippen LogP contribution in [-0.4, -0.2) is 72.3 Å². The van der Waals surface area contributed by atoms with Gasteiger partial charge in [0.25, 0.3) is 0 Å². The Morgan fingerprint density at radius 1 is 1.42 bits per heavy atom. The van der Waals surface area contributed by atoms with Gasteiger partial charge in [0.15, 0.2) is 5.84 Å². The predicted molar refractivity (Wildman–Crippen MR) is 74.5 cm³/mol. The molecule has 6 heteroatoms. The number of hydrogen-bond donors (Lipinski definition) is 2. The zero-order valence-corrected chi connectivity index (χ0v) is 11.8. The summed E-state index contributed by atoms with van der Waals surface area (Å²) in [6.07, 6.45) is 4.07. The van der Waals surface area contributed by atoms with Crippen molar-refractivity contribution in [2.45, 2.75) is 38.3 Å². The van der Waals surface area contributed by atoms with Crippen molar-refractivity contribution in [1.29, 1.82) is 0 Å². The minimum Gasteiger partial charge on any atom is -0.409 e. The second-order valence-electron chi connectivity index (χ2n) is 5.50. The van der Waals surface area contributed by atoms with Gasteiger partial charge < -0.3 is 20.6 Å². The highest BCUT2D eigenvalue weighted by Gasteiger charge is 2.24. The molecule has 0 saturated carbocycles. The predicted octanol–water partition coefficient (Wildman–Crippen LogP) is 0.308. The summed E-state index contributed by atoms with van der Waals surface area (Å²) < 4.78 is 5.65. The van der Waals surface area contributed by atoms with Gasteiger partial charge in [-0.3, -0.25) is 4.90 Å². The van der Waals surface area contributed by atoms with Crippen molar-refractivity contribution in [3.05, 3.63) is 0 Å². The Balaban J connectivity index is 1.67. The highest BCUT2D eigenvalue weighted by Crippen LogP contribution is 2.16. The molecule has 6 nitrogen and oxygen atoms in total. The fourth-order valence-corrected chi connectivity index (χ4v) is 2.84. The van der Waals surface area contributed by atoms with E-state index in [1.807, 2.05) is 6.92 Å². The average molecular weight is 270 g/mol. The molecular formula is C13H26N4O2. The molecule has 2 atom stereocenters. The van der Waals surface area contributed by atoms with E-state index in [-0.39, 0.29) is 6.04 Å². The molecule has 2 aliphatic rings. The Bertz CT molecular complexity index is 297. The molecule has 0 radical (unpaired) electrons. The lowest BCUT2D eigenvalue weighted by molar-refractivity contribution is 0.0747. The third-order valence-electron chi connectivity index (χ3n) is 4.29. The standard InChI is InChI=1S/C13H26N4O2/c1-11(13(14)15-18)17-8-6-16(7-9-17)5-4-12-3-2-10-19-12/h11-12,18H,2-10H2,1H3,(H2,14,15). The van der Waals surface area contributed by atoms with Crippen molar-refractivity contribution in [1.82, 2.24) is 9.80 Å². The van der Waals surface area contributed by atoms with E-state index in [1.165, 1.54) is 12.8 Å². The summed E-state index contributed by atoms with van der Waals surface area (Å²) >= 11 is 0. The molecule has 2 fully saturated rings. The van der Waals surface area contributed by atoms with Crippen LogP contribution in [0.2, 0.25) is 0 Å². The normalized spacial score (nSPS) is 28.7. The fraction of sp³-hybridized carbons (Fsp3) is 0.923. The first-order valence-electron chi connectivity index (χ1n) is 7.26. The minimum absolute atomic E-state index is 0.0188. The van der Waals surface area contributed by atoms with E-state index in [2.05, 4.69) is 15.0 Å². The molecule has 2 unspecified atom stereocenters. The molecule has 0 amide bonds. The summed E-state index contributed by atoms with van der Waals surface area (Å²) in [5.41, 5.74) is 5.65. The second kappa shape index (κ2) is 7.07. The summed E-state index contributed by atoms with van der Waals surface area (Å²) in [5, 5.41) is 11.8. The maximum Gasteiger partial charge on any atom is 0.156 e. The lowest BCUT2D eigenvalue weighted by Crippen LogP contribution is -2.53. The molecule has 2 heterocycles. The molecule has 0 bridgehead atoms. The van der Waals surface area contributed by atoms with Crippen molar-refractivity contribution >= 4 is 5.84 Å². The highest BCUT2D eigenvalue weighted by molar-refractivity contribution is 5.84.